The van der Waals surface area contributed by atoms with Gasteiger partial charge in [0.25, 0.3) is 0 Å². The van der Waals surface area contributed by atoms with Crippen LogP contribution >= 0.6 is 11.3 Å². The van der Waals surface area contributed by atoms with Crippen molar-refractivity contribution in [2.24, 2.45) is 0 Å². The van der Waals surface area contributed by atoms with Crippen molar-refractivity contribution in [1.29, 1.82) is 0 Å². The molecule has 0 atom stereocenters. The molecular weight excluding hydrogens is 286 g/mol. The van der Waals surface area contributed by atoms with Crippen LogP contribution in [0.2, 0.25) is 0 Å². The second kappa shape index (κ2) is 8.12. The number of aryl methyl sites for hydroxylation is 1. The van der Waals surface area contributed by atoms with E-state index in [1.807, 2.05) is 0 Å². The molecule has 114 valence electrons. The lowest BCUT2D eigenvalue weighted by molar-refractivity contribution is -0.135. The van der Waals surface area contributed by atoms with Crippen LogP contribution in [0, 0.1) is 0 Å². The van der Waals surface area contributed by atoms with Gasteiger partial charge in [-0.15, -0.1) is 11.3 Å². The van der Waals surface area contributed by atoms with Crippen molar-refractivity contribution in [3.8, 4) is 0 Å². The predicted molar refractivity (Wildman–Crippen MR) is 85.7 cm³/mol. The molecule has 1 amide bonds. The van der Waals surface area contributed by atoms with E-state index in [2.05, 4.69) is 29.6 Å². The van der Waals surface area contributed by atoms with E-state index in [9.17, 15) is 4.79 Å². The van der Waals surface area contributed by atoms with Crippen molar-refractivity contribution in [2.75, 3.05) is 33.4 Å². The van der Waals surface area contributed by atoms with Crippen LogP contribution < -0.4 is 0 Å². The first-order valence-electron chi connectivity index (χ1n) is 7.09. The smallest absolute Gasteiger partial charge is 0.248 e. The van der Waals surface area contributed by atoms with E-state index in [0.717, 1.165) is 12.8 Å². The molecule has 0 spiro atoms. The lowest BCUT2D eigenvalue weighted by Crippen LogP contribution is -2.32. The third-order valence-corrected chi connectivity index (χ3v) is 4.26. The van der Waals surface area contributed by atoms with Crippen molar-refractivity contribution < 1.29 is 14.6 Å². The number of benzene rings is 1. The van der Waals surface area contributed by atoms with Gasteiger partial charge in [0.15, 0.2) is 0 Å². The number of hydrogen-bond acceptors (Lipinski definition) is 4. The summed E-state index contributed by atoms with van der Waals surface area (Å²) >= 11 is 1.75. The second-order valence-electron chi connectivity index (χ2n) is 4.99. The first-order valence-corrected chi connectivity index (χ1v) is 7.97. The van der Waals surface area contributed by atoms with Crippen LogP contribution in [0.4, 0.5) is 0 Å². The van der Waals surface area contributed by atoms with Gasteiger partial charge < -0.3 is 14.7 Å². The maximum atomic E-state index is 11.6. The number of ether oxygens (including phenoxy) is 1. The minimum Gasteiger partial charge on any atom is -0.395 e. The lowest BCUT2D eigenvalue weighted by Gasteiger charge is -2.15. The van der Waals surface area contributed by atoms with E-state index in [-0.39, 0.29) is 19.1 Å². The summed E-state index contributed by atoms with van der Waals surface area (Å²) in [6, 6.07) is 8.66. The fraction of sp³-hybridized carbons (Fsp3) is 0.438. The minimum absolute atomic E-state index is 0.0205. The Hall–Kier alpha value is -1.43. The summed E-state index contributed by atoms with van der Waals surface area (Å²) in [6.45, 7) is 0.983. The van der Waals surface area contributed by atoms with Crippen LogP contribution in [0.5, 0.6) is 0 Å². The van der Waals surface area contributed by atoms with E-state index in [1.165, 1.54) is 20.5 Å². The highest BCUT2D eigenvalue weighted by Gasteiger charge is 2.07. The summed E-state index contributed by atoms with van der Waals surface area (Å²) in [7, 11) is 1.66. The van der Waals surface area contributed by atoms with E-state index >= 15 is 0 Å². The van der Waals surface area contributed by atoms with Crippen LogP contribution in [0.25, 0.3) is 10.1 Å². The van der Waals surface area contributed by atoms with Crippen LogP contribution in [0.1, 0.15) is 12.0 Å². The van der Waals surface area contributed by atoms with E-state index in [4.69, 9.17) is 9.84 Å². The fourth-order valence-corrected chi connectivity index (χ4v) is 2.87. The number of thiophene rings is 1. The van der Waals surface area contributed by atoms with Crippen molar-refractivity contribution >= 4 is 27.3 Å². The van der Waals surface area contributed by atoms with Gasteiger partial charge in [0.1, 0.15) is 6.61 Å². The molecular formula is C16H21NO3S. The number of aliphatic hydroxyl groups is 1. The van der Waals surface area contributed by atoms with Crippen molar-refractivity contribution in [1.82, 2.24) is 4.90 Å². The summed E-state index contributed by atoms with van der Waals surface area (Å²) in [5.74, 6) is -0.0938. The van der Waals surface area contributed by atoms with Gasteiger partial charge >= 0.3 is 0 Å². The molecule has 1 N–H and O–H groups in total. The summed E-state index contributed by atoms with van der Waals surface area (Å²) in [5.41, 5.74) is 1.30. The molecule has 0 aliphatic heterocycles. The Morgan fingerprint density at radius 2 is 2.24 bits per heavy atom. The first kappa shape index (κ1) is 15.9. The zero-order valence-electron chi connectivity index (χ0n) is 12.2. The highest BCUT2D eigenvalue weighted by molar-refractivity contribution is 7.17. The molecule has 0 aliphatic rings. The standard InChI is InChI=1S/C16H21NO3S/c1-17(7-8-18)16(19)12-20-9-2-3-13-4-5-15-14(11-13)6-10-21-15/h4-6,10-11,18H,2-3,7-9,12H2,1H3. The van der Waals surface area contributed by atoms with Crippen molar-refractivity contribution in [3.63, 3.8) is 0 Å². The van der Waals surface area contributed by atoms with E-state index in [0.29, 0.717) is 13.2 Å². The number of aliphatic hydroxyl groups excluding tert-OH is 1. The largest absolute Gasteiger partial charge is 0.395 e. The second-order valence-corrected chi connectivity index (χ2v) is 5.94. The van der Waals surface area contributed by atoms with Crippen LogP contribution in [-0.2, 0) is 16.0 Å². The van der Waals surface area contributed by atoms with Gasteiger partial charge in [-0.1, -0.05) is 12.1 Å². The number of carbonyl (C=O) groups excluding carboxylic acids is 1. The van der Waals surface area contributed by atoms with Gasteiger partial charge in [0.2, 0.25) is 5.91 Å². The molecule has 1 heterocycles. The topological polar surface area (TPSA) is 49.8 Å². The van der Waals surface area contributed by atoms with Gasteiger partial charge in [0.05, 0.1) is 6.61 Å². The average Bonchev–Trinajstić information content (AvgIpc) is 2.94. The number of carbonyl (C=O) groups is 1. The predicted octanol–water partition coefficient (Wildman–Crippen LogP) is 2.30. The van der Waals surface area contributed by atoms with Gasteiger partial charge in [-0.3, -0.25) is 4.79 Å². The fourth-order valence-electron chi connectivity index (χ4n) is 2.09. The molecule has 0 fully saturated rings. The molecule has 0 saturated heterocycles. The normalized spacial score (nSPS) is 11.0. The molecule has 5 heteroatoms. The third kappa shape index (κ3) is 4.81. The average molecular weight is 307 g/mol. The van der Waals surface area contributed by atoms with Crippen LogP contribution in [0.15, 0.2) is 29.6 Å². The Balaban J connectivity index is 1.66. The van der Waals surface area contributed by atoms with Crippen LogP contribution in [-0.4, -0.2) is 49.3 Å². The Morgan fingerprint density at radius 3 is 3.05 bits per heavy atom. The lowest BCUT2D eigenvalue weighted by atomic mass is 10.1. The number of fused-ring (bicyclic) bond motifs is 1. The number of amides is 1. The maximum Gasteiger partial charge on any atom is 0.248 e. The number of likely N-dealkylation sites (N-methyl/N-ethyl adjacent to an activating group) is 1. The molecule has 1 aromatic heterocycles. The summed E-state index contributed by atoms with van der Waals surface area (Å²) in [4.78, 5) is 13.1. The van der Waals surface area contributed by atoms with Crippen LogP contribution in [0.3, 0.4) is 0 Å². The highest BCUT2D eigenvalue weighted by atomic mass is 32.1. The van der Waals surface area contributed by atoms with Gasteiger partial charge in [-0.2, -0.15) is 0 Å². The number of nitrogens with zero attached hydrogens (tertiary/aromatic N) is 1. The Labute approximate surface area is 129 Å². The van der Waals surface area contributed by atoms with Gasteiger partial charge in [-0.25, -0.2) is 0 Å². The minimum atomic E-state index is -0.0938. The quantitative estimate of drug-likeness (QED) is 0.761. The SMILES string of the molecule is CN(CCO)C(=O)COCCCc1ccc2sccc2c1. The molecule has 0 aliphatic carbocycles. The molecule has 1 aromatic carbocycles. The Kier molecular flexibility index (Phi) is 6.17. The Bertz CT molecular complexity index is 582. The maximum absolute atomic E-state index is 11.6. The van der Waals surface area contributed by atoms with Gasteiger partial charge in [0, 0.05) is 24.9 Å². The van der Waals surface area contributed by atoms with Crippen molar-refractivity contribution in [2.45, 2.75) is 12.8 Å². The van der Waals surface area contributed by atoms with Crippen molar-refractivity contribution in [3.05, 3.63) is 35.2 Å². The zero-order chi connectivity index (χ0) is 15.1. The highest BCUT2D eigenvalue weighted by Crippen LogP contribution is 2.22. The Morgan fingerprint density at radius 1 is 1.38 bits per heavy atom. The summed E-state index contributed by atoms with van der Waals surface area (Å²) < 4.78 is 6.70. The number of rotatable bonds is 8. The molecule has 0 saturated carbocycles. The molecule has 21 heavy (non-hydrogen) atoms. The molecule has 4 nitrogen and oxygen atoms in total. The molecule has 0 bridgehead atoms. The van der Waals surface area contributed by atoms with E-state index < -0.39 is 0 Å². The molecule has 2 aromatic rings. The molecule has 0 radical (unpaired) electrons. The summed E-state index contributed by atoms with van der Waals surface area (Å²) in [6.07, 6.45) is 1.85. The summed E-state index contributed by atoms with van der Waals surface area (Å²) in [5, 5.41) is 12.1. The zero-order valence-corrected chi connectivity index (χ0v) is 13.1. The van der Waals surface area contributed by atoms with E-state index in [1.54, 1.807) is 18.4 Å². The first-order chi connectivity index (χ1) is 10.2. The molecule has 0 unspecified atom stereocenters. The monoisotopic (exact) mass is 307 g/mol. The third-order valence-electron chi connectivity index (χ3n) is 3.36. The molecule has 2 rings (SSSR count). The number of hydrogen-bond donors (Lipinski definition) is 1. The van der Waals surface area contributed by atoms with Gasteiger partial charge in [-0.05, 0) is 41.3 Å².